The highest BCUT2D eigenvalue weighted by molar-refractivity contribution is 6.31. The molecule has 0 aliphatic rings. The third-order valence-corrected chi connectivity index (χ3v) is 5.42. The van der Waals surface area contributed by atoms with E-state index in [4.69, 9.17) is 20.9 Å². The summed E-state index contributed by atoms with van der Waals surface area (Å²) in [5.74, 6) is 0.689. The SMILES string of the molecule is CC[C@@H](C)[C@H](NC(=O)COCc1ccccc1)c1nc(-c2ccc(C)c(Cl)c2)no1. The van der Waals surface area contributed by atoms with Gasteiger partial charge in [-0.1, -0.05) is 79.5 Å². The van der Waals surface area contributed by atoms with Gasteiger partial charge >= 0.3 is 0 Å². The van der Waals surface area contributed by atoms with Crippen molar-refractivity contribution in [3.63, 3.8) is 0 Å². The minimum Gasteiger partial charge on any atom is -0.367 e. The van der Waals surface area contributed by atoms with Crippen LogP contribution in [0.15, 0.2) is 53.1 Å². The number of nitrogens with zero attached hydrogens (tertiary/aromatic N) is 2. The lowest BCUT2D eigenvalue weighted by atomic mass is 9.99. The Morgan fingerprint density at radius 3 is 2.70 bits per heavy atom. The molecule has 0 spiro atoms. The van der Waals surface area contributed by atoms with Gasteiger partial charge in [0.25, 0.3) is 0 Å². The summed E-state index contributed by atoms with van der Waals surface area (Å²) in [7, 11) is 0. The lowest BCUT2D eigenvalue weighted by molar-refractivity contribution is -0.127. The van der Waals surface area contributed by atoms with E-state index >= 15 is 0 Å². The van der Waals surface area contributed by atoms with Crippen molar-refractivity contribution < 1.29 is 14.1 Å². The summed E-state index contributed by atoms with van der Waals surface area (Å²) < 4.78 is 11.0. The van der Waals surface area contributed by atoms with E-state index in [2.05, 4.69) is 15.5 Å². The van der Waals surface area contributed by atoms with Gasteiger partial charge in [-0.05, 0) is 30.0 Å². The topological polar surface area (TPSA) is 77.2 Å². The average molecular weight is 428 g/mol. The first-order chi connectivity index (χ1) is 14.5. The number of aryl methyl sites for hydroxylation is 1. The maximum atomic E-state index is 12.5. The molecule has 0 aliphatic carbocycles. The largest absolute Gasteiger partial charge is 0.367 e. The van der Waals surface area contributed by atoms with Gasteiger partial charge < -0.3 is 14.6 Å². The number of carbonyl (C=O) groups excluding carboxylic acids is 1. The number of hydrogen-bond donors (Lipinski definition) is 1. The molecule has 2 aromatic carbocycles. The minimum atomic E-state index is -0.398. The van der Waals surface area contributed by atoms with Crippen LogP contribution in [0.25, 0.3) is 11.4 Å². The number of rotatable bonds is 9. The van der Waals surface area contributed by atoms with Gasteiger partial charge in [-0.25, -0.2) is 0 Å². The molecule has 7 heteroatoms. The lowest BCUT2D eigenvalue weighted by Gasteiger charge is -2.20. The van der Waals surface area contributed by atoms with Crippen LogP contribution in [0.4, 0.5) is 0 Å². The monoisotopic (exact) mass is 427 g/mol. The molecule has 1 N–H and O–H groups in total. The van der Waals surface area contributed by atoms with Crippen LogP contribution in [0.3, 0.4) is 0 Å². The van der Waals surface area contributed by atoms with E-state index in [1.807, 2.05) is 63.2 Å². The molecule has 1 aromatic heterocycles. The van der Waals surface area contributed by atoms with Gasteiger partial charge in [0.2, 0.25) is 17.6 Å². The van der Waals surface area contributed by atoms with Crippen molar-refractivity contribution in [2.45, 2.75) is 39.8 Å². The van der Waals surface area contributed by atoms with Crippen molar-refractivity contribution in [2.75, 3.05) is 6.61 Å². The molecule has 0 radical (unpaired) electrons. The second-order valence-electron chi connectivity index (χ2n) is 7.33. The number of hydrogen-bond acceptors (Lipinski definition) is 5. The summed E-state index contributed by atoms with van der Waals surface area (Å²) in [4.78, 5) is 17.0. The fourth-order valence-corrected chi connectivity index (χ4v) is 3.13. The van der Waals surface area contributed by atoms with Crippen LogP contribution in [0.1, 0.15) is 43.3 Å². The van der Waals surface area contributed by atoms with Crippen molar-refractivity contribution in [2.24, 2.45) is 5.92 Å². The lowest BCUT2D eigenvalue weighted by Crippen LogP contribution is -2.35. The zero-order chi connectivity index (χ0) is 21.5. The van der Waals surface area contributed by atoms with Crippen LogP contribution in [0, 0.1) is 12.8 Å². The molecule has 158 valence electrons. The zero-order valence-corrected chi connectivity index (χ0v) is 18.1. The normalized spacial score (nSPS) is 13.1. The van der Waals surface area contributed by atoms with Crippen LogP contribution in [-0.2, 0) is 16.1 Å². The fraction of sp³-hybridized carbons (Fsp3) is 0.348. The quantitative estimate of drug-likeness (QED) is 0.512. The molecule has 0 unspecified atom stereocenters. The van der Waals surface area contributed by atoms with Crippen LogP contribution in [-0.4, -0.2) is 22.7 Å². The molecular formula is C23H26ClN3O3. The van der Waals surface area contributed by atoms with Crippen molar-refractivity contribution in [1.82, 2.24) is 15.5 Å². The van der Waals surface area contributed by atoms with Gasteiger partial charge in [-0.2, -0.15) is 4.98 Å². The third kappa shape index (κ3) is 5.68. The van der Waals surface area contributed by atoms with E-state index in [1.165, 1.54) is 0 Å². The number of halogens is 1. The Hall–Kier alpha value is -2.70. The van der Waals surface area contributed by atoms with E-state index in [0.717, 1.165) is 23.1 Å². The van der Waals surface area contributed by atoms with E-state index in [0.29, 0.717) is 23.3 Å². The summed E-state index contributed by atoms with van der Waals surface area (Å²) in [6.45, 7) is 6.34. The molecule has 3 rings (SSSR count). The highest BCUT2D eigenvalue weighted by Gasteiger charge is 2.26. The van der Waals surface area contributed by atoms with Crippen molar-refractivity contribution in [3.05, 3.63) is 70.6 Å². The summed E-state index contributed by atoms with van der Waals surface area (Å²) in [5, 5.41) is 7.69. The molecule has 3 aromatic rings. The van der Waals surface area contributed by atoms with Crippen LogP contribution < -0.4 is 5.32 Å². The first-order valence-electron chi connectivity index (χ1n) is 9.99. The minimum absolute atomic E-state index is 0.0452. The van der Waals surface area contributed by atoms with E-state index in [9.17, 15) is 4.79 Å². The highest BCUT2D eigenvalue weighted by Crippen LogP contribution is 2.27. The van der Waals surface area contributed by atoms with E-state index in [1.54, 1.807) is 6.07 Å². The standard InChI is InChI=1S/C23H26ClN3O3/c1-4-15(2)21(25-20(28)14-29-13-17-8-6-5-7-9-17)23-26-22(27-30-23)18-11-10-16(3)19(24)12-18/h5-12,15,21H,4,13-14H2,1-3H3,(H,25,28)/t15-,21+/m1/s1. The predicted molar refractivity (Wildman–Crippen MR) is 116 cm³/mol. The Kier molecular flexibility index (Phi) is 7.60. The molecule has 1 heterocycles. The van der Waals surface area contributed by atoms with E-state index in [-0.39, 0.29) is 18.4 Å². The molecule has 0 saturated heterocycles. The number of nitrogens with one attached hydrogen (secondary N) is 1. The van der Waals surface area contributed by atoms with E-state index < -0.39 is 6.04 Å². The van der Waals surface area contributed by atoms with Gasteiger partial charge in [-0.3, -0.25) is 4.79 Å². The third-order valence-electron chi connectivity index (χ3n) is 5.01. The second-order valence-corrected chi connectivity index (χ2v) is 7.74. The second kappa shape index (κ2) is 10.4. The molecule has 0 fully saturated rings. The first kappa shape index (κ1) is 22.0. The number of carbonyl (C=O) groups is 1. The molecule has 0 bridgehead atoms. The molecule has 0 aliphatic heterocycles. The number of aromatic nitrogens is 2. The molecule has 2 atom stereocenters. The predicted octanol–water partition coefficient (Wildman–Crippen LogP) is 5.12. The maximum Gasteiger partial charge on any atom is 0.249 e. The smallest absolute Gasteiger partial charge is 0.249 e. The Bertz CT molecular complexity index is 975. The summed E-state index contributed by atoms with van der Waals surface area (Å²) >= 11 is 6.21. The zero-order valence-electron chi connectivity index (χ0n) is 17.4. The molecular weight excluding hydrogens is 402 g/mol. The van der Waals surface area contributed by atoms with Gasteiger partial charge in [0.15, 0.2) is 0 Å². The number of ether oxygens (including phenoxy) is 1. The molecule has 1 amide bonds. The first-order valence-corrected chi connectivity index (χ1v) is 10.4. The fourth-order valence-electron chi connectivity index (χ4n) is 2.94. The molecule has 30 heavy (non-hydrogen) atoms. The molecule has 6 nitrogen and oxygen atoms in total. The maximum absolute atomic E-state index is 12.5. The average Bonchev–Trinajstić information content (AvgIpc) is 3.24. The highest BCUT2D eigenvalue weighted by atomic mass is 35.5. The summed E-state index contributed by atoms with van der Waals surface area (Å²) in [5.41, 5.74) is 2.76. The van der Waals surface area contributed by atoms with Gasteiger partial charge in [0.05, 0.1) is 6.61 Å². The van der Waals surface area contributed by atoms with Crippen molar-refractivity contribution >= 4 is 17.5 Å². The Balaban J connectivity index is 1.66. The van der Waals surface area contributed by atoms with Gasteiger partial charge in [0.1, 0.15) is 12.6 Å². The molecule has 0 saturated carbocycles. The van der Waals surface area contributed by atoms with Gasteiger partial charge in [-0.15, -0.1) is 0 Å². The number of amides is 1. The Morgan fingerprint density at radius 2 is 2.00 bits per heavy atom. The number of benzene rings is 2. The Morgan fingerprint density at radius 1 is 1.23 bits per heavy atom. The Labute approximate surface area is 181 Å². The van der Waals surface area contributed by atoms with Crippen LogP contribution in [0.5, 0.6) is 0 Å². The van der Waals surface area contributed by atoms with Crippen LogP contribution >= 0.6 is 11.6 Å². The summed E-state index contributed by atoms with van der Waals surface area (Å²) in [6.07, 6.45) is 0.837. The summed E-state index contributed by atoms with van der Waals surface area (Å²) in [6, 6.07) is 14.9. The van der Waals surface area contributed by atoms with Gasteiger partial charge in [0, 0.05) is 10.6 Å². The van der Waals surface area contributed by atoms with Crippen molar-refractivity contribution in [3.8, 4) is 11.4 Å². The van der Waals surface area contributed by atoms with Crippen molar-refractivity contribution in [1.29, 1.82) is 0 Å². The van der Waals surface area contributed by atoms with Crippen LogP contribution in [0.2, 0.25) is 5.02 Å².